The molecule has 3 unspecified atom stereocenters. The second-order valence-corrected chi connectivity index (χ2v) is 6.66. The average Bonchev–Trinajstić information content (AvgIpc) is 2.62. The first-order valence-corrected chi connectivity index (χ1v) is 7.87. The monoisotopic (exact) mass is 297 g/mol. The van der Waals surface area contributed by atoms with Gasteiger partial charge < -0.3 is 15.3 Å². The number of carboxylic acids is 1. The summed E-state index contributed by atoms with van der Waals surface area (Å²) in [7, 11) is 2.14. The standard InChI is InChI=1S/C15H27N3O3/c1-10(2)13(14(19)20)8-16-15(21)18-7-6-11-4-5-12(9-18)17(11)3/h10-13H,4-9H2,1-3H3,(H,16,21)(H,19,20). The number of urea groups is 1. The van der Waals surface area contributed by atoms with Gasteiger partial charge >= 0.3 is 12.0 Å². The Bertz CT molecular complexity index is 400. The van der Waals surface area contributed by atoms with Crippen molar-refractivity contribution in [3.63, 3.8) is 0 Å². The Morgan fingerprint density at radius 2 is 1.90 bits per heavy atom. The molecule has 0 aliphatic carbocycles. The molecule has 2 bridgehead atoms. The summed E-state index contributed by atoms with van der Waals surface area (Å²) in [5.41, 5.74) is 0. The van der Waals surface area contributed by atoms with E-state index in [1.165, 1.54) is 6.42 Å². The second kappa shape index (κ2) is 6.64. The van der Waals surface area contributed by atoms with E-state index < -0.39 is 11.9 Å². The lowest BCUT2D eigenvalue weighted by molar-refractivity contribution is -0.142. The maximum Gasteiger partial charge on any atom is 0.317 e. The number of likely N-dealkylation sites (N-methyl/N-ethyl adjacent to an activating group) is 1. The van der Waals surface area contributed by atoms with Gasteiger partial charge in [0.2, 0.25) is 0 Å². The van der Waals surface area contributed by atoms with Crippen LogP contribution in [0.15, 0.2) is 0 Å². The van der Waals surface area contributed by atoms with Gasteiger partial charge in [0, 0.05) is 31.7 Å². The van der Waals surface area contributed by atoms with Gasteiger partial charge in [-0.15, -0.1) is 0 Å². The maximum atomic E-state index is 12.3. The third kappa shape index (κ3) is 3.67. The Kier molecular flexibility index (Phi) is 5.08. The Hall–Kier alpha value is -1.30. The van der Waals surface area contributed by atoms with Crippen LogP contribution in [0.25, 0.3) is 0 Å². The predicted molar refractivity (Wildman–Crippen MR) is 80.1 cm³/mol. The molecule has 0 spiro atoms. The molecule has 120 valence electrons. The van der Waals surface area contributed by atoms with Crippen molar-refractivity contribution in [2.45, 2.75) is 45.2 Å². The summed E-state index contributed by atoms with van der Waals surface area (Å²) in [5, 5.41) is 12.0. The third-order valence-electron chi connectivity index (χ3n) is 5.03. The number of aliphatic carboxylic acids is 1. The molecule has 2 fully saturated rings. The molecule has 0 aromatic carbocycles. The van der Waals surface area contributed by atoms with Crippen LogP contribution in [0.4, 0.5) is 4.79 Å². The summed E-state index contributed by atoms with van der Waals surface area (Å²) in [4.78, 5) is 27.7. The van der Waals surface area contributed by atoms with Gasteiger partial charge in [-0.2, -0.15) is 0 Å². The van der Waals surface area contributed by atoms with E-state index in [0.29, 0.717) is 12.1 Å². The first-order chi connectivity index (χ1) is 9.90. The predicted octanol–water partition coefficient (Wildman–Crippen LogP) is 1.22. The van der Waals surface area contributed by atoms with Crippen molar-refractivity contribution < 1.29 is 14.7 Å². The molecule has 6 heteroatoms. The van der Waals surface area contributed by atoms with Crippen molar-refractivity contribution in [3.8, 4) is 0 Å². The lowest BCUT2D eigenvalue weighted by Crippen LogP contribution is -2.47. The number of nitrogens with one attached hydrogen (secondary N) is 1. The molecule has 21 heavy (non-hydrogen) atoms. The Labute approximate surface area is 126 Å². The number of carboxylic acid groups (broad SMARTS) is 1. The van der Waals surface area contributed by atoms with Crippen LogP contribution in [-0.4, -0.2) is 65.7 Å². The maximum absolute atomic E-state index is 12.3. The number of fused-ring (bicyclic) bond motifs is 2. The number of hydrogen-bond donors (Lipinski definition) is 2. The van der Waals surface area contributed by atoms with Crippen LogP contribution in [0.3, 0.4) is 0 Å². The number of rotatable bonds is 4. The van der Waals surface area contributed by atoms with Gasteiger partial charge in [0.15, 0.2) is 0 Å². The fourth-order valence-electron chi connectivity index (χ4n) is 3.41. The number of likely N-dealkylation sites (tertiary alicyclic amines) is 1. The summed E-state index contributed by atoms with van der Waals surface area (Å²) in [6.45, 7) is 5.44. The number of nitrogens with zero attached hydrogens (tertiary/aromatic N) is 2. The molecule has 2 saturated heterocycles. The quantitative estimate of drug-likeness (QED) is 0.818. The molecule has 0 aromatic heterocycles. The highest BCUT2D eigenvalue weighted by Crippen LogP contribution is 2.28. The summed E-state index contributed by atoms with van der Waals surface area (Å²) < 4.78 is 0. The van der Waals surface area contributed by atoms with Crippen LogP contribution in [0.2, 0.25) is 0 Å². The molecule has 0 aromatic rings. The number of carbonyl (C=O) groups is 2. The van der Waals surface area contributed by atoms with E-state index in [2.05, 4.69) is 17.3 Å². The molecule has 2 aliphatic rings. The van der Waals surface area contributed by atoms with E-state index in [-0.39, 0.29) is 18.5 Å². The zero-order valence-electron chi connectivity index (χ0n) is 13.2. The third-order valence-corrected chi connectivity index (χ3v) is 5.03. The lowest BCUT2D eigenvalue weighted by Gasteiger charge is -2.27. The Morgan fingerprint density at radius 3 is 2.52 bits per heavy atom. The Morgan fingerprint density at radius 1 is 1.24 bits per heavy atom. The van der Waals surface area contributed by atoms with E-state index in [1.54, 1.807) is 0 Å². The number of carbonyl (C=O) groups excluding carboxylic acids is 1. The minimum absolute atomic E-state index is 0.00841. The molecule has 2 heterocycles. The van der Waals surface area contributed by atoms with E-state index in [1.807, 2.05) is 18.7 Å². The van der Waals surface area contributed by atoms with E-state index in [4.69, 9.17) is 5.11 Å². The van der Waals surface area contributed by atoms with Gasteiger partial charge in [0.1, 0.15) is 0 Å². The van der Waals surface area contributed by atoms with E-state index >= 15 is 0 Å². The summed E-state index contributed by atoms with van der Waals surface area (Å²) >= 11 is 0. The highest BCUT2D eigenvalue weighted by molar-refractivity contribution is 5.76. The zero-order chi connectivity index (χ0) is 15.6. The normalized spacial score (nSPS) is 27.5. The molecule has 2 aliphatic heterocycles. The molecular formula is C15H27N3O3. The molecule has 6 nitrogen and oxygen atoms in total. The lowest BCUT2D eigenvalue weighted by atomic mass is 9.96. The van der Waals surface area contributed by atoms with Crippen molar-refractivity contribution in [2.24, 2.45) is 11.8 Å². The number of amides is 2. The van der Waals surface area contributed by atoms with Crippen LogP contribution < -0.4 is 5.32 Å². The van der Waals surface area contributed by atoms with Crippen molar-refractivity contribution in [1.29, 1.82) is 0 Å². The topological polar surface area (TPSA) is 72.9 Å². The van der Waals surface area contributed by atoms with Crippen LogP contribution >= 0.6 is 0 Å². The Balaban J connectivity index is 1.87. The van der Waals surface area contributed by atoms with Gasteiger partial charge in [0.25, 0.3) is 0 Å². The van der Waals surface area contributed by atoms with Gasteiger partial charge in [0.05, 0.1) is 5.92 Å². The molecule has 0 saturated carbocycles. The average molecular weight is 297 g/mol. The van der Waals surface area contributed by atoms with Crippen LogP contribution in [-0.2, 0) is 4.79 Å². The molecular weight excluding hydrogens is 270 g/mol. The van der Waals surface area contributed by atoms with Crippen molar-refractivity contribution >= 4 is 12.0 Å². The largest absolute Gasteiger partial charge is 0.481 e. The minimum Gasteiger partial charge on any atom is -0.481 e. The van der Waals surface area contributed by atoms with Crippen LogP contribution in [0.5, 0.6) is 0 Å². The van der Waals surface area contributed by atoms with Gasteiger partial charge in [-0.1, -0.05) is 13.8 Å². The van der Waals surface area contributed by atoms with E-state index in [9.17, 15) is 9.59 Å². The summed E-state index contributed by atoms with van der Waals surface area (Å²) in [5.74, 6) is -1.37. The highest BCUT2D eigenvalue weighted by atomic mass is 16.4. The van der Waals surface area contributed by atoms with Crippen LogP contribution in [0.1, 0.15) is 33.1 Å². The van der Waals surface area contributed by atoms with Crippen molar-refractivity contribution in [3.05, 3.63) is 0 Å². The molecule has 0 radical (unpaired) electrons. The first kappa shape index (κ1) is 16.1. The molecule has 2 rings (SSSR count). The van der Waals surface area contributed by atoms with Crippen LogP contribution in [0, 0.1) is 11.8 Å². The SMILES string of the molecule is CC(C)C(CNC(=O)N1CCC2CCC(C1)N2C)C(=O)O. The highest BCUT2D eigenvalue weighted by Gasteiger charge is 2.36. The fourth-order valence-corrected chi connectivity index (χ4v) is 3.41. The van der Waals surface area contributed by atoms with E-state index in [0.717, 1.165) is 25.9 Å². The number of hydrogen-bond acceptors (Lipinski definition) is 3. The second-order valence-electron chi connectivity index (χ2n) is 6.66. The minimum atomic E-state index is -0.847. The van der Waals surface area contributed by atoms with Gasteiger partial charge in [-0.05, 0) is 32.2 Å². The molecule has 3 atom stereocenters. The van der Waals surface area contributed by atoms with Gasteiger partial charge in [-0.25, -0.2) is 4.79 Å². The summed E-state index contributed by atoms with van der Waals surface area (Å²) in [6, 6.07) is 0.918. The first-order valence-electron chi connectivity index (χ1n) is 7.87. The fraction of sp³-hybridized carbons (Fsp3) is 0.867. The van der Waals surface area contributed by atoms with Gasteiger partial charge in [-0.3, -0.25) is 9.69 Å². The molecule has 2 amide bonds. The van der Waals surface area contributed by atoms with Crippen molar-refractivity contribution in [1.82, 2.24) is 15.1 Å². The smallest absolute Gasteiger partial charge is 0.317 e. The van der Waals surface area contributed by atoms with Crippen molar-refractivity contribution in [2.75, 3.05) is 26.7 Å². The summed E-state index contributed by atoms with van der Waals surface area (Å²) in [6.07, 6.45) is 3.38. The zero-order valence-corrected chi connectivity index (χ0v) is 13.2. The molecule has 2 N–H and O–H groups in total.